The van der Waals surface area contributed by atoms with Crippen LogP contribution in [-0.4, -0.2) is 48.1 Å². The van der Waals surface area contributed by atoms with Crippen LogP contribution in [0.3, 0.4) is 0 Å². The molecule has 0 amide bonds. The van der Waals surface area contributed by atoms with Gasteiger partial charge in [-0.1, -0.05) is 133 Å². The number of carbonyl (C=O) groups is 2. The smallest absolute Gasteiger partial charge is 0.306 e. The molecule has 0 unspecified atom stereocenters. The molecule has 0 fully saturated rings. The third-order valence-electron chi connectivity index (χ3n) is 7.61. The molecule has 1 atom stereocenters. The molecule has 6 nitrogen and oxygen atoms in total. The molecule has 0 aliphatic heterocycles. The van der Waals surface area contributed by atoms with Crippen molar-refractivity contribution in [3.8, 4) is 0 Å². The van der Waals surface area contributed by atoms with Gasteiger partial charge in [-0.05, 0) is 63.7 Å². The molecule has 0 spiro atoms. The number of hydrogen-bond donors (Lipinski definition) is 2. The second-order valence-electron chi connectivity index (χ2n) is 12.5. The van der Waals surface area contributed by atoms with Gasteiger partial charge < -0.3 is 19.7 Å². The molecule has 260 valence electrons. The topological polar surface area (TPSA) is 93.1 Å². The summed E-state index contributed by atoms with van der Waals surface area (Å²) in [4.78, 5) is 24.1. The minimum atomic E-state index is -0.806. The fourth-order valence-corrected chi connectivity index (χ4v) is 4.83. The van der Waals surface area contributed by atoms with Crippen molar-refractivity contribution >= 4 is 11.9 Å². The third kappa shape index (κ3) is 34.5. The van der Waals surface area contributed by atoms with E-state index in [1.807, 2.05) is 0 Å². The molecule has 0 saturated heterocycles. The van der Waals surface area contributed by atoms with Crippen molar-refractivity contribution in [1.82, 2.24) is 0 Å². The van der Waals surface area contributed by atoms with Gasteiger partial charge in [-0.3, -0.25) is 9.59 Å². The van der Waals surface area contributed by atoms with Crippen LogP contribution in [0.2, 0.25) is 0 Å². The van der Waals surface area contributed by atoms with Crippen LogP contribution >= 0.6 is 0 Å². The Morgan fingerprint density at radius 2 is 1.02 bits per heavy atom. The van der Waals surface area contributed by atoms with Crippen molar-refractivity contribution < 1.29 is 29.3 Å². The van der Waals surface area contributed by atoms with Crippen LogP contribution in [0.1, 0.15) is 155 Å². The van der Waals surface area contributed by atoms with E-state index >= 15 is 0 Å². The predicted octanol–water partition coefficient (Wildman–Crippen LogP) is 9.89. The van der Waals surface area contributed by atoms with Crippen molar-refractivity contribution in [1.29, 1.82) is 0 Å². The number of hydrogen-bond acceptors (Lipinski definition) is 6. The number of unbranched alkanes of at least 4 members (excludes halogenated alkanes) is 13. The zero-order chi connectivity index (χ0) is 33.1. The van der Waals surface area contributed by atoms with Gasteiger partial charge in [0.1, 0.15) is 6.61 Å². The van der Waals surface area contributed by atoms with Gasteiger partial charge >= 0.3 is 11.9 Å². The van der Waals surface area contributed by atoms with Crippen LogP contribution in [0, 0.1) is 5.92 Å². The lowest BCUT2D eigenvalue weighted by molar-refractivity contribution is -0.161. The van der Waals surface area contributed by atoms with Gasteiger partial charge in [0.2, 0.25) is 0 Å². The quantitative estimate of drug-likeness (QED) is 0.0436. The summed E-state index contributed by atoms with van der Waals surface area (Å²) in [5.74, 6) is 0.146. The maximum absolute atomic E-state index is 12.1. The zero-order valence-corrected chi connectivity index (χ0v) is 29.0. The van der Waals surface area contributed by atoms with E-state index in [4.69, 9.17) is 14.6 Å². The maximum Gasteiger partial charge on any atom is 0.306 e. The van der Waals surface area contributed by atoms with Crippen molar-refractivity contribution in [3.63, 3.8) is 0 Å². The lowest BCUT2D eigenvalue weighted by Crippen LogP contribution is -2.28. The standard InChI is InChI=1S/C39H68O6/c1-36(2)30-26-22-18-14-11-12-15-19-23-27-31-38(42)44-35-37(34-41)45-39(43)32-28-24-20-16-10-8-6-4-3-5-7-9-13-17-21-25-29-33-40/h3,5-6,8-9,13,16,20,36-37,40-41H,4,7,10-12,14-15,17-19,21-35H2,1-2H3/b5-3-,8-6-,13-9-,20-16-/t37-/m0/s1. The summed E-state index contributed by atoms with van der Waals surface area (Å²) in [6, 6.07) is 0. The molecular weight excluding hydrogens is 564 g/mol. The van der Waals surface area contributed by atoms with E-state index < -0.39 is 6.10 Å². The van der Waals surface area contributed by atoms with E-state index in [2.05, 4.69) is 62.5 Å². The molecule has 2 N–H and O–H groups in total. The monoisotopic (exact) mass is 633 g/mol. The Morgan fingerprint density at radius 3 is 1.56 bits per heavy atom. The molecule has 0 saturated carbocycles. The second kappa shape index (κ2) is 34.7. The molecule has 0 bridgehead atoms. The summed E-state index contributed by atoms with van der Waals surface area (Å²) in [5, 5.41) is 18.3. The van der Waals surface area contributed by atoms with Crippen molar-refractivity contribution in [2.24, 2.45) is 5.92 Å². The number of aliphatic hydroxyl groups is 2. The average molecular weight is 633 g/mol. The summed E-state index contributed by atoms with van der Waals surface area (Å²) in [7, 11) is 0. The largest absolute Gasteiger partial charge is 0.462 e. The van der Waals surface area contributed by atoms with E-state index in [-0.39, 0.29) is 31.6 Å². The lowest BCUT2D eigenvalue weighted by atomic mass is 10.0. The molecular formula is C39H68O6. The highest BCUT2D eigenvalue weighted by Crippen LogP contribution is 2.14. The molecule has 0 heterocycles. The van der Waals surface area contributed by atoms with Crippen LogP contribution in [0.4, 0.5) is 0 Å². The fourth-order valence-electron chi connectivity index (χ4n) is 4.83. The van der Waals surface area contributed by atoms with Gasteiger partial charge in [0, 0.05) is 19.4 Å². The summed E-state index contributed by atoms with van der Waals surface area (Å²) < 4.78 is 10.5. The Balaban J connectivity index is 3.69. The molecule has 0 radical (unpaired) electrons. The first kappa shape index (κ1) is 42.8. The predicted molar refractivity (Wildman–Crippen MR) is 188 cm³/mol. The number of ether oxygens (including phenoxy) is 2. The van der Waals surface area contributed by atoms with Crippen LogP contribution < -0.4 is 0 Å². The number of carbonyl (C=O) groups excluding carboxylic acids is 2. The van der Waals surface area contributed by atoms with Crippen LogP contribution in [-0.2, 0) is 19.1 Å². The molecule has 0 rings (SSSR count). The van der Waals surface area contributed by atoms with Crippen molar-refractivity contribution in [2.75, 3.05) is 19.8 Å². The SMILES string of the molecule is CC(C)CCCCCCCCCCCCC(=O)OC[C@H](CO)OC(=O)CCC/C=C\C/C=C\C/C=C\C/C=C\CCCCCO. The van der Waals surface area contributed by atoms with E-state index in [0.29, 0.717) is 19.4 Å². The first-order valence-corrected chi connectivity index (χ1v) is 18.2. The number of allylic oxidation sites excluding steroid dienone is 8. The average Bonchev–Trinajstić information content (AvgIpc) is 3.02. The molecule has 0 aromatic rings. The van der Waals surface area contributed by atoms with Gasteiger partial charge in [-0.25, -0.2) is 0 Å². The highest BCUT2D eigenvalue weighted by atomic mass is 16.6. The zero-order valence-electron chi connectivity index (χ0n) is 29.0. The van der Waals surface area contributed by atoms with Gasteiger partial charge in [-0.15, -0.1) is 0 Å². The van der Waals surface area contributed by atoms with Crippen LogP contribution in [0.5, 0.6) is 0 Å². The van der Waals surface area contributed by atoms with Gasteiger partial charge in [-0.2, -0.15) is 0 Å². The van der Waals surface area contributed by atoms with E-state index in [0.717, 1.165) is 76.5 Å². The first-order valence-electron chi connectivity index (χ1n) is 18.2. The number of rotatable bonds is 32. The highest BCUT2D eigenvalue weighted by Gasteiger charge is 2.15. The minimum Gasteiger partial charge on any atom is -0.462 e. The van der Waals surface area contributed by atoms with E-state index in [9.17, 15) is 14.7 Å². The molecule has 45 heavy (non-hydrogen) atoms. The van der Waals surface area contributed by atoms with Crippen molar-refractivity contribution in [3.05, 3.63) is 48.6 Å². The Morgan fingerprint density at radius 1 is 0.556 bits per heavy atom. The molecule has 0 aliphatic carbocycles. The van der Waals surface area contributed by atoms with Gasteiger partial charge in [0.05, 0.1) is 6.61 Å². The molecule has 0 aliphatic rings. The lowest BCUT2D eigenvalue weighted by Gasteiger charge is -2.15. The first-order chi connectivity index (χ1) is 22.0. The van der Waals surface area contributed by atoms with Crippen molar-refractivity contribution in [2.45, 2.75) is 161 Å². The van der Waals surface area contributed by atoms with Crippen LogP contribution in [0.15, 0.2) is 48.6 Å². The second-order valence-corrected chi connectivity index (χ2v) is 12.5. The maximum atomic E-state index is 12.1. The highest BCUT2D eigenvalue weighted by molar-refractivity contribution is 5.70. The van der Waals surface area contributed by atoms with Gasteiger partial charge in [0.25, 0.3) is 0 Å². The minimum absolute atomic E-state index is 0.0947. The normalized spacial score (nSPS) is 12.8. The number of esters is 2. The summed E-state index contributed by atoms with van der Waals surface area (Å²) in [5.41, 5.74) is 0. The third-order valence-corrected chi connectivity index (χ3v) is 7.61. The van der Waals surface area contributed by atoms with E-state index in [1.54, 1.807) is 0 Å². The number of aliphatic hydroxyl groups excluding tert-OH is 2. The van der Waals surface area contributed by atoms with Gasteiger partial charge in [0.15, 0.2) is 6.10 Å². The summed E-state index contributed by atoms with van der Waals surface area (Å²) >= 11 is 0. The summed E-state index contributed by atoms with van der Waals surface area (Å²) in [6.45, 7) is 4.42. The Kier molecular flexibility index (Phi) is 33.0. The Labute approximate surface area is 276 Å². The van der Waals surface area contributed by atoms with Crippen LogP contribution in [0.25, 0.3) is 0 Å². The van der Waals surface area contributed by atoms with E-state index in [1.165, 1.54) is 51.4 Å². The molecule has 0 aromatic carbocycles. The Hall–Kier alpha value is -2.18. The molecule has 6 heteroatoms. The molecule has 0 aromatic heterocycles. The Bertz CT molecular complexity index is 782. The fraction of sp³-hybridized carbons (Fsp3) is 0.744. The summed E-state index contributed by atoms with van der Waals surface area (Å²) in [6.07, 6.45) is 39.0.